The van der Waals surface area contributed by atoms with Crippen LogP contribution in [0.2, 0.25) is 0 Å². The number of pyridine rings is 4. The van der Waals surface area contributed by atoms with Gasteiger partial charge in [-0.25, -0.2) is 0 Å². The van der Waals surface area contributed by atoms with Crippen molar-refractivity contribution in [2.75, 3.05) is 4.90 Å². The highest BCUT2D eigenvalue weighted by Crippen LogP contribution is 2.52. The third kappa shape index (κ3) is 4.47. The van der Waals surface area contributed by atoms with Crippen LogP contribution in [-0.4, -0.2) is 19.9 Å². The van der Waals surface area contributed by atoms with Gasteiger partial charge in [0.2, 0.25) is 5.88 Å². The molecule has 11 aromatic rings. The average Bonchev–Trinajstić information content (AvgIpc) is 3.78. The number of hydrogen-bond acceptors (Lipinski definition) is 6. The summed E-state index contributed by atoms with van der Waals surface area (Å²) in [6.45, 7) is 0. The highest BCUT2D eigenvalue weighted by Gasteiger charge is 2.30. The van der Waals surface area contributed by atoms with E-state index in [1.54, 1.807) is 6.26 Å². The zero-order valence-electron chi connectivity index (χ0n) is 28.9. The molecule has 6 heteroatoms. The van der Waals surface area contributed by atoms with Crippen molar-refractivity contribution in [3.05, 3.63) is 177 Å². The number of furan rings is 1. The van der Waals surface area contributed by atoms with Gasteiger partial charge in [-0.2, -0.15) is 0 Å². The van der Waals surface area contributed by atoms with E-state index in [9.17, 15) is 0 Å². The monoisotopic (exact) mass is 691 g/mol. The summed E-state index contributed by atoms with van der Waals surface area (Å²) in [5.74, 6) is 0.625. The molecule has 0 saturated heterocycles. The molecule has 0 atom stereocenters. The summed E-state index contributed by atoms with van der Waals surface area (Å²) in [6, 6.07) is 50.4. The molecule has 0 saturated carbocycles. The van der Waals surface area contributed by atoms with Crippen LogP contribution in [-0.2, 0) is 0 Å². The van der Waals surface area contributed by atoms with Gasteiger partial charge in [0, 0.05) is 63.5 Å². The Bertz CT molecular complexity index is 2920. The van der Waals surface area contributed by atoms with Crippen molar-refractivity contribution >= 4 is 82.4 Å². The smallest absolute Gasteiger partial charge is 0.204 e. The van der Waals surface area contributed by atoms with Gasteiger partial charge in [0.25, 0.3) is 0 Å². The zero-order chi connectivity index (χ0) is 35.6. The summed E-state index contributed by atoms with van der Waals surface area (Å²) in [6.07, 6.45) is 9.18. The Hall–Kier alpha value is -7.44. The number of benzene rings is 6. The topological polar surface area (TPSA) is 67.9 Å². The molecule has 11 rings (SSSR count). The standard InChI is InChI=1S/C48H29N5O/c1-3-16-32-30(12-1)14-5-18-34(32)41-36-20-7-27-51-45(36)47(38-22-9-25-49-43(38)41)53(40-24-11-29-54-40)48-39-23-10-26-50-44(39)42(37-21-8-28-52-46(37)48)35-19-6-15-31-13-2-4-17-33(31)35/h1-29H. The van der Waals surface area contributed by atoms with Crippen molar-refractivity contribution in [3.63, 3.8) is 0 Å². The van der Waals surface area contributed by atoms with Crippen LogP contribution in [0.15, 0.2) is 181 Å². The maximum Gasteiger partial charge on any atom is 0.204 e. The third-order valence-corrected chi connectivity index (χ3v) is 10.5. The molecule has 0 fully saturated rings. The number of nitrogens with zero attached hydrogens (tertiary/aromatic N) is 5. The van der Waals surface area contributed by atoms with E-state index in [4.69, 9.17) is 24.4 Å². The molecule has 54 heavy (non-hydrogen) atoms. The van der Waals surface area contributed by atoms with Gasteiger partial charge in [0.05, 0.1) is 39.7 Å². The summed E-state index contributed by atoms with van der Waals surface area (Å²) in [5, 5.41) is 8.48. The van der Waals surface area contributed by atoms with E-state index in [0.717, 1.165) is 88.0 Å². The Kier molecular flexibility index (Phi) is 6.75. The lowest BCUT2D eigenvalue weighted by Gasteiger charge is -2.29. The highest BCUT2D eigenvalue weighted by molar-refractivity contribution is 6.26. The SMILES string of the molecule is c1coc(N(c2c3cccnc3c(-c3cccc4ccccc34)c3cccnc23)c2c3cccnc3c(-c3cccc4ccccc34)c3cccnc23)c1. The molecule has 0 aliphatic heterocycles. The van der Waals surface area contributed by atoms with Crippen molar-refractivity contribution in [2.24, 2.45) is 0 Å². The minimum Gasteiger partial charge on any atom is -0.448 e. The van der Waals surface area contributed by atoms with Gasteiger partial charge in [-0.1, -0.05) is 97.1 Å². The fourth-order valence-corrected chi connectivity index (χ4v) is 8.31. The van der Waals surface area contributed by atoms with E-state index in [1.165, 1.54) is 10.8 Å². The molecule has 6 nitrogen and oxygen atoms in total. The number of fused-ring (bicyclic) bond motifs is 6. The van der Waals surface area contributed by atoms with Crippen LogP contribution in [0.1, 0.15) is 0 Å². The third-order valence-electron chi connectivity index (χ3n) is 10.5. The van der Waals surface area contributed by atoms with Crippen LogP contribution in [0.3, 0.4) is 0 Å². The van der Waals surface area contributed by atoms with Crippen LogP contribution in [0.4, 0.5) is 17.3 Å². The summed E-state index contributed by atoms with van der Waals surface area (Å²) in [7, 11) is 0. The van der Waals surface area contributed by atoms with Gasteiger partial charge in [0.15, 0.2) is 0 Å². The fraction of sp³-hybridized carbons (Fsp3) is 0. The minimum atomic E-state index is 0.625. The second-order valence-electron chi connectivity index (χ2n) is 13.4. The van der Waals surface area contributed by atoms with Gasteiger partial charge in [0.1, 0.15) is 0 Å². The molecule has 0 aliphatic rings. The lowest BCUT2D eigenvalue weighted by molar-refractivity contribution is 0.574. The molecule has 0 N–H and O–H groups in total. The quantitative estimate of drug-likeness (QED) is 0.167. The number of rotatable bonds is 5. The Balaban J connectivity index is 1.30. The first-order valence-electron chi connectivity index (χ1n) is 18.0. The maximum atomic E-state index is 6.37. The van der Waals surface area contributed by atoms with Gasteiger partial charge < -0.3 is 4.42 Å². The normalized spacial score (nSPS) is 11.7. The lowest BCUT2D eigenvalue weighted by atomic mass is 9.90. The van der Waals surface area contributed by atoms with E-state index < -0.39 is 0 Å². The second-order valence-corrected chi connectivity index (χ2v) is 13.4. The number of hydrogen-bond donors (Lipinski definition) is 0. The zero-order valence-corrected chi connectivity index (χ0v) is 28.9. The van der Waals surface area contributed by atoms with Crippen molar-refractivity contribution in [3.8, 4) is 22.3 Å². The van der Waals surface area contributed by atoms with Crippen molar-refractivity contribution < 1.29 is 4.42 Å². The summed E-state index contributed by atoms with van der Waals surface area (Å²) in [5.41, 5.74) is 9.35. The molecular formula is C48H29N5O. The van der Waals surface area contributed by atoms with E-state index >= 15 is 0 Å². The lowest BCUT2D eigenvalue weighted by Crippen LogP contribution is -2.13. The van der Waals surface area contributed by atoms with Gasteiger partial charge >= 0.3 is 0 Å². The van der Waals surface area contributed by atoms with Crippen LogP contribution in [0, 0.1) is 0 Å². The number of anilines is 3. The Morgan fingerprint density at radius 2 is 0.778 bits per heavy atom. The summed E-state index contributed by atoms with van der Waals surface area (Å²) in [4.78, 5) is 22.8. The first kappa shape index (κ1) is 30.2. The number of aromatic nitrogens is 4. The molecule has 5 aromatic heterocycles. The molecule has 0 aliphatic carbocycles. The molecule has 5 heterocycles. The molecule has 6 aromatic carbocycles. The molecule has 0 bridgehead atoms. The average molecular weight is 692 g/mol. The summed E-state index contributed by atoms with van der Waals surface area (Å²) >= 11 is 0. The summed E-state index contributed by atoms with van der Waals surface area (Å²) < 4.78 is 6.37. The largest absolute Gasteiger partial charge is 0.448 e. The molecule has 252 valence electrons. The maximum absolute atomic E-state index is 6.37. The molecule has 0 amide bonds. The minimum absolute atomic E-state index is 0.625. The van der Waals surface area contributed by atoms with Crippen molar-refractivity contribution in [1.29, 1.82) is 0 Å². The molecule has 0 radical (unpaired) electrons. The highest BCUT2D eigenvalue weighted by atomic mass is 16.3. The van der Waals surface area contributed by atoms with Crippen LogP contribution in [0.25, 0.3) is 87.4 Å². The van der Waals surface area contributed by atoms with Gasteiger partial charge in [-0.15, -0.1) is 0 Å². The van der Waals surface area contributed by atoms with E-state index in [0.29, 0.717) is 5.88 Å². The predicted octanol–water partition coefficient (Wildman–Crippen LogP) is 12.6. The first-order chi connectivity index (χ1) is 26.8. The Morgan fingerprint density at radius 3 is 1.26 bits per heavy atom. The van der Waals surface area contributed by atoms with Crippen LogP contribution < -0.4 is 4.90 Å². The van der Waals surface area contributed by atoms with E-state index in [1.807, 2.05) is 61.2 Å². The Morgan fingerprint density at radius 1 is 0.352 bits per heavy atom. The predicted molar refractivity (Wildman–Crippen MR) is 220 cm³/mol. The van der Waals surface area contributed by atoms with Gasteiger partial charge in [-0.3, -0.25) is 24.8 Å². The van der Waals surface area contributed by atoms with Crippen molar-refractivity contribution in [2.45, 2.75) is 0 Å². The van der Waals surface area contributed by atoms with Crippen molar-refractivity contribution in [1.82, 2.24) is 19.9 Å². The molecular weight excluding hydrogens is 663 g/mol. The van der Waals surface area contributed by atoms with Gasteiger partial charge in [-0.05, 0) is 75.1 Å². The van der Waals surface area contributed by atoms with E-state index in [2.05, 4.69) is 114 Å². The molecule has 0 spiro atoms. The van der Waals surface area contributed by atoms with E-state index in [-0.39, 0.29) is 0 Å². The second kappa shape index (κ2) is 12.1. The fourth-order valence-electron chi connectivity index (χ4n) is 8.31. The first-order valence-corrected chi connectivity index (χ1v) is 18.0. The Labute approximate surface area is 309 Å². The van der Waals surface area contributed by atoms with Crippen LogP contribution >= 0.6 is 0 Å². The van der Waals surface area contributed by atoms with Crippen LogP contribution in [0.5, 0.6) is 0 Å². The molecule has 0 unspecified atom stereocenters.